The maximum Gasteiger partial charge on any atom is 0.500 e. The number of hydrogen-bond donors (Lipinski definition) is 0. The van der Waals surface area contributed by atoms with E-state index in [9.17, 15) is 0 Å². The quantitative estimate of drug-likeness (QED) is 0.528. The molecule has 2 aliphatic rings. The Hall–Kier alpha value is 0.0569. The monoisotopic (exact) mass is 274 g/mol. The van der Waals surface area contributed by atoms with Crippen LogP contribution < -0.4 is 0 Å². The summed E-state index contributed by atoms with van der Waals surface area (Å²) < 4.78 is 22.1. The fourth-order valence-electron chi connectivity index (χ4n) is 3.14. The topological polar surface area (TPSA) is 40.2 Å². The van der Waals surface area contributed by atoms with Crippen molar-refractivity contribution in [3.05, 3.63) is 0 Å². The molecule has 1 saturated heterocycles. The SMILES string of the molecule is CO[Si](CCC1OC1C1CCCCC1)(OC)OC. The summed E-state index contributed by atoms with van der Waals surface area (Å²) in [5.74, 6) is 0.799. The van der Waals surface area contributed by atoms with Gasteiger partial charge in [-0.25, -0.2) is 0 Å². The largest absolute Gasteiger partial charge is 0.500 e. The van der Waals surface area contributed by atoms with Gasteiger partial charge >= 0.3 is 8.80 Å². The Morgan fingerprint density at radius 2 is 1.61 bits per heavy atom. The third kappa shape index (κ3) is 3.33. The molecule has 1 heterocycles. The second-order valence-corrected chi connectivity index (χ2v) is 8.46. The van der Waals surface area contributed by atoms with E-state index < -0.39 is 8.80 Å². The Kier molecular flexibility index (Phi) is 5.21. The highest BCUT2D eigenvalue weighted by molar-refractivity contribution is 6.60. The Balaban J connectivity index is 1.72. The first-order valence-electron chi connectivity index (χ1n) is 7.05. The van der Waals surface area contributed by atoms with Crippen LogP contribution in [-0.2, 0) is 18.0 Å². The Morgan fingerprint density at radius 1 is 1.00 bits per heavy atom. The Bertz CT molecular complexity index is 243. The molecule has 5 heteroatoms. The van der Waals surface area contributed by atoms with Crippen LogP contribution >= 0.6 is 0 Å². The predicted octanol–water partition coefficient (Wildman–Crippen LogP) is 2.60. The van der Waals surface area contributed by atoms with Crippen LogP contribution in [0.4, 0.5) is 0 Å². The van der Waals surface area contributed by atoms with Crippen molar-refractivity contribution >= 4 is 8.80 Å². The molecule has 1 saturated carbocycles. The van der Waals surface area contributed by atoms with E-state index in [1.807, 2.05) is 0 Å². The highest BCUT2D eigenvalue weighted by Gasteiger charge is 2.47. The highest BCUT2D eigenvalue weighted by Crippen LogP contribution is 2.41. The van der Waals surface area contributed by atoms with Gasteiger partial charge in [0.2, 0.25) is 0 Å². The van der Waals surface area contributed by atoms with Gasteiger partial charge in [-0.05, 0) is 25.2 Å². The molecule has 0 bridgehead atoms. The molecule has 2 fully saturated rings. The summed E-state index contributed by atoms with van der Waals surface area (Å²) in [6.45, 7) is 0. The minimum Gasteiger partial charge on any atom is -0.377 e. The minimum atomic E-state index is -2.40. The van der Waals surface area contributed by atoms with E-state index in [0.29, 0.717) is 12.2 Å². The average molecular weight is 274 g/mol. The summed E-state index contributed by atoms with van der Waals surface area (Å²) in [5, 5.41) is 0. The van der Waals surface area contributed by atoms with Gasteiger partial charge in [0.25, 0.3) is 0 Å². The maximum absolute atomic E-state index is 5.84. The van der Waals surface area contributed by atoms with Gasteiger partial charge in [0, 0.05) is 27.4 Å². The summed E-state index contributed by atoms with van der Waals surface area (Å²) in [4.78, 5) is 0. The first-order valence-corrected chi connectivity index (χ1v) is 8.99. The van der Waals surface area contributed by atoms with Gasteiger partial charge < -0.3 is 18.0 Å². The van der Waals surface area contributed by atoms with Crippen LogP contribution in [0.1, 0.15) is 38.5 Å². The molecule has 2 rings (SSSR count). The molecule has 0 amide bonds. The molecule has 106 valence electrons. The summed E-state index contributed by atoms with van der Waals surface area (Å²) >= 11 is 0. The van der Waals surface area contributed by atoms with Crippen LogP contribution in [-0.4, -0.2) is 42.3 Å². The van der Waals surface area contributed by atoms with E-state index in [2.05, 4.69) is 0 Å². The number of epoxide rings is 1. The van der Waals surface area contributed by atoms with Crippen molar-refractivity contribution in [1.82, 2.24) is 0 Å². The van der Waals surface area contributed by atoms with Crippen LogP contribution in [0, 0.1) is 5.92 Å². The van der Waals surface area contributed by atoms with Crippen molar-refractivity contribution in [1.29, 1.82) is 0 Å². The molecule has 0 aromatic rings. The molecular weight excluding hydrogens is 248 g/mol. The van der Waals surface area contributed by atoms with E-state index in [1.54, 1.807) is 21.3 Å². The van der Waals surface area contributed by atoms with Gasteiger partial charge in [-0.2, -0.15) is 0 Å². The Labute approximate surface area is 111 Å². The molecular formula is C13H26O4Si. The lowest BCUT2D eigenvalue weighted by Gasteiger charge is -2.24. The lowest BCUT2D eigenvalue weighted by Crippen LogP contribution is -2.42. The van der Waals surface area contributed by atoms with Crippen LogP contribution in [0.3, 0.4) is 0 Å². The molecule has 0 spiro atoms. The number of hydrogen-bond acceptors (Lipinski definition) is 4. The molecule has 1 aliphatic carbocycles. The van der Waals surface area contributed by atoms with Crippen LogP contribution in [0.5, 0.6) is 0 Å². The Morgan fingerprint density at radius 3 is 2.17 bits per heavy atom. The fraction of sp³-hybridized carbons (Fsp3) is 1.00. The summed E-state index contributed by atoms with van der Waals surface area (Å²) in [5.41, 5.74) is 0. The lowest BCUT2D eigenvalue weighted by molar-refractivity contribution is 0.122. The van der Waals surface area contributed by atoms with Gasteiger partial charge in [0.1, 0.15) is 0 Å². The minimum absolute atomic E-state index is 0.417. The van der Waals surface area contributed by atoms with Crippen LogP contribution in [0.2, 0.25) is 6.04 Å². The third-order valence-electron chi connectivity index (χ3n) is 4.40. The summed E-state index contributed by atoms with van der Waals surface area (Å²) in [6.07, 6.45) is 8.78. The van der Waals surface area contributed by atoms with Crippen molar-refractivity contribution in [2.45, 2.75) is 56.8 Å². The van der Waals surface area contributed by atoms with E-state index in [4.69, 9.17) is 18.0 Å². The van der Waals surface area contributed by atoms with E-state index >= 15 is 0 Å². The highest BCUT2D eigenvalue weighted by atomic mass is 28.4. The predicted molar refractivity (Wildman–Crippen MR) is 71.4 cm³/mol. The second kappa shape index (κ2) is 6.48. The van der Waals surface area contributed by atoms with Gasteiger partial charge in [0.05, 0.1) is 12.2 Å². The average Bonchev–Trinajstić information content (AvgIpc) is 3.22. The first-order chi connectivity index (χ1) is 8.74. The molecule has 0 N–H and O–H groups in total. The van der Waals surface area contributed by atoms with E-state index in [-0.39, 0.29) is 0 Å². The van der Waals surface area contributed by atoms with Gasteiger partial charge in [0.15, 0.2) is 0 Å². The lowest BCUT2D eigenvalue weighted by atomic mass is 9.85. The molecule has 18 heavy (non-hydrogen) atoms. The zero-order valence-electron chi connectivity index (χ0n) is 11.8. The molecule has 4 nitrogen and oxygen atoms in total. The molecule has 2 unspecified atom stereocenters. The molecule has 0 aromatic heterocycles. The van der Waals surface area contributed by atoms with Crippen molar-refractivity contribution in [2.75, 3.05) is 21.3 Å². The standard InChI is InChI=1S/C13H26O4Si/c1-14-18(15-2,16-3)10-9-12-13(17-12)11-7-5-4-6-8-11/h11-13H,4-10H2,1-3H3. The first kappa shape index (κ1) is 14.5. The van der Waals surface area contributed by atoms with E-state index in [0.717, 1.165) is 18.4 Å². The molecule has 1 aliphatic heterocycles. The van der Waals surface area contributed by atoms with Crippen LogP contribution in [0.25, 0.3) is 0 Å². The van der Waals surface area contributed by atoms with Crippen molar-refractivity contribution in [3.8, 4) is 0 Å². The smallest absolute Gasteiger partial charge is 0.377 e. The van der Waals surface area contributed by atoms with E-state index in [1.165, 1.54) is 32.1 Å². The zero-order valence-corrected chi connectivity index (χ0v) is 12.8. The van der Waals surface area contributed by atoms with Gasteiger partial charge in [-0.3, -0.25) is 0 Å². The number of rotatable bonds is 7. The second-order valence-electron chi connectivity index (χ2n) is 5.37. The molecule has 0 radical (unpaired) electrons. The molecule has 0 aromatic carbocycles. The fourth-order valence-corrected chi connectivity index (χ4v) is 4.89. The summed E-state index contributed by atoms with van der Waals surface area (Å²) in [6, 6.07) is 0.852. The normalized spacial score (nSPS) is 29.5. The zero-order chi connectivity index (χ0) is 13.0. The summed E-state index contributed by atoms with van der Waals surface area (Å²) in [7, 11) is 2.62. The van der Waals surface area contributed by atoms with Crippen molar-refractivity contribution in [2.24, 2.45) is 5.92 Å². The van der Waals surface area contributed by atoms with Crippen LogP contribution in [0.15, 0.2) is 0 Å². The van der Waals surface area contributed by atoms with Gasteiger partial charge in [-0.15, -0.1) is 0 Å². The van der Waals surface area contributed by atoms with Crippen molar-refractivity contribution in [3.63, 3.8) is 0 Å². The van der Waals surface area contributed by atoms with Gasteiger partial charge in [-0.1, -0.05) is 19.3 Å². The van der Waals surface area contributed by atoms with Crippen molar-refractivity contribution < 1.29 is 18.0 Å². The maximum atomic E-state index is 5.84. The molecule has 2 atom stereocenters. The number of ether oxygens (including phenoxy) is 1. The third-order valence-corrected chi connectivity index (χ3v) is 7.17.